The summed E-state index contributed by atoms with van der Waals surface area (Å²) in [6, 6.07) is 4.22. The SMILES string of the molecule is CCCNCc1nccn1Cc1cccc(F)c1F. The lowest BCUT2D eigenvalue weighted by Crippen LogP contribution is -2.18. The first-order valence-electron chi connectivity index (χ1n) is 6.36. The van der Waals surface area contributed by atoms with E-state index in [1.165, 1.54) is 6.07 Å². The number of hydrogen-bond donors (Lipinski definition) is 1. The number of benzene rings is 1. The molecule has 0 atom stereocenters. The number of nitrogens with zero attached hydrogens (tertiary/aromatic N) is 2. The molecule has 0 unspecified atom stereocenters. The number of hydrogen-bond acceptors (Lipinski definition) is 2. The van der Waals surface area contributed by atoms with Gasteiger partial charge in [-0.25, -0.2) is 13.8 Å². The molecule has 102 valence electrons. The van der Waals surface area contributed by atoms with Gasteiger partial charge in [0.2, 0.25) is 0 Å². The smallest absolute Gasteiger partial charge is 0.163 e. The first-order valence-corrected chi connectivity index (χ1v) is 6.36. The number of rotatable bonds is 6. The van der Waals surface area contributed by atoms with Crippen LogP contribution in [0.25, 0.3) is 0 Å². The molecule has 1 N–H and O–H groups in total. The molecule has 3 nitrogen and oxygen atoms in total. The van der Waals surface area contributed by atoms with Crippen molar-refractivity contribution in [2.75, 3.05) is 6.54 Å². The molecule has 0 amide bonds. The minimum absolute atomic E-state index is 0.284. The fourth-order valence-corrected chi connectivity index (χ4v) is 1.88. The van der Waals surface area contributed by atoms with E-state index in [1.54, 1.807) is 18.5 Å². The zero-order chi connectivity index (χ0) is 13.7. The van der Waals surface area contributed by atoms with Gasteiger partial charge < -0.3 is 9.88 Å². The summed E-state index contributed by atoms with van der Waals surface area (Å²) in [7, 11) is 0. The van der Waals surface area contributed by atoms with Crippen LogP contribution in [-0.2, 0) is 13.1 Å². The third-order valence-corrected chi connectivity index (χ3v) is 2.88. The predicted octanol–water partition coefficient (Wildman–Crippen LogP) is 2.71. The average Bonchev–Trinajstić information content (AvgIpc) is 2.83. The van der Waals surface area contributed by atoms with Crippen molar-refractivity contribution in [2.45, 2.75) is 26.4 Å². The Kier molecular flexibility index (Phi) is 4.63. The maximum atomic E-state index is 13.6. The van der Waals surface area contributed by atoms with Crippen molar-refractivity contribution in [2.24, 2.45) is 0 Å². The Morgan fingerprint density at radius 3 is 2.95 bits per heavy atom. The summed E-state index contributed by atoms with van der Waals surface area (Å²) >= 11 is 0. The molecule has 1 heterocycles. The van der Waals surface area contributed by atoms with Crippen molar-refractivity contribution in [3.05, 3.63) is 53.6 Å². The number of imidazole rings is 1. The molecule has 0 aliphatic rings. The van der Waals surface area contributed by atoms with Crippen LogP contribution in [0.1, 0.15) is 24.7 Å². The van der Waals surface area contributed by atoms with E-state index in [0.717, 1.165) is 24.9 Å². The van der Waals surface area contributed by atoms with E-state index >= 15 is 0 Å². The van der Waals surface area contributed by atoms with Gasteiger partial charge in [-0.2, -0.15) is 0 Å². The summed E-state index contributed by atoms with van der Waals surface area (Å²) in [5.41, 5.74) is 0.328. The maximum absolute atomic E-state index is 13.6. The van der Waals surface area contributed by atoms with E-state index in [4.69, 9.17) is 0 Å². The fourth-order valence-electron chi connectivity index (χ4n) is 1.88. The molecule has 0 saturated heterocycles. The lowest BCUT2D eigenvalue weighted by atomic mass is 10.2. The molecule has 0 saturated carbocycles. The molecule has 2 rings (SSSR count). The maximum Gasteiger partial charge on any atom is 0.163 e. The van der Waals surface area contributed by atoms with Crippen molar-refractivity contribution >= 4 is 0 Å². The lowest BCUT2D eigenvalue weighted by molar-refractivity contribution is 0.493. The third-order valence-electron chi connectivity index (χ3n) is 2.88. The Hall–Kier alpha value is -1.75. The summed E-state index contributed by atoms with van der Waals surface area (Å²) in [6.07, 6.45) is 4.48. The molecule has 0 aliphatic heterocycles. The Bertz CT molecular complexity index is 537. The van der Waals surface area contributed by atoms with Gasteiger partial charge in [0.1, 0.15) is 5.82 Å². The van der Waals surface area contributed by atoms with Crippen LogP contribution in [0, 0.1) is 11.6 Å². The van der Waals surface area contributed by atoms with Crippen molar-refractivity contribution in [3.8, 4) is 0 Å². The molecule has 0 spiro atoms. The molecular formula is C14H17F2N3. The largest absolute Gasteiger partial charge is 0.329 e. The molecular weight excluding hydrogens is 248 g/mol. The van der Waals surface area contributed by atoms with Gasteiger partial charge in [-0.3, -0.25) is 0 Å². The van der Waals surface area contributed by atoms with E-state index in [2.05, 4.69) is 17.2 Å². The molecule has 2 aromatic rings. The second-order valence-corrected chi connectivity index (χ2v) is 4.36. The highest BCUT2D eigenvalue weighted by Crippen LogP contribution is 2.13. The highest BCUT2D eigenvalue weighted by Gasteiger charge is 2.10. The zero-order valence-electron chi connectivity index (χ0n) is 10.9. The Balaban J connectivity index is 2.11. The summed E-state index contributed by atoms with van der Waals surface area (Å²) in [5.74, 6) is -0.788. The quantitative estimate of drug-likeness (QED) is 0.814. The van der Waals surface area contributed by atoms with Gasteiger partial charge in [-0.05, 0) is 19.0 Å². The lowest BCUT2D eigenvalue weighted by Gasteiger charge is -2.09. The summed E-state index contributed by atoms with van der Waals surface area (Å²) in [5, 5.41) is 3.24. The van der Waals surface area contributed by atoms with Gasteiger partial charge in [-0.1, -0.05) is 19.1 Å². The van der Waals surface area contributed by atoms with Crippen LogP contribution in [0.4, 0.5) is 8.78 Å². The summed E-state index contributed by atoms with van der Waals surface area (Å²) in [4.78, 5) is 4.22. The summed E-state index contributed by atoms with van der Waals surface area (Å²) < 4.78 is 28.6. The number of nitrogens with one attached hydrogen (secondary N) is 1. The molecule has 0 bridgehead atoms. The summed E-state index contributed by atoms with van der Waals surface area (Å²) in [6.45, 7) is 3.90. The van der Waals surface area contributed by atoms with Crippen molar-refractivity contribution < 1.29 is 8.78 Å². The van der Waals surface area contributed by atoms with E-state index in [-0.39, 0.29) is 6.54 Å². The van der Waals surface area contributed by atoms with Crippen LogP contribution in [0.3, 0.4) is 0 Å². The number of aromatic nitrogens is 2. The van der Waals surface area contributed by atoms with Crippen LogP contribution >= 0.6 is 0 Å². The van der Waals surface area contributed by atoms with Gasteiger partial charge in [0.15, 0.2) is 11.6 Å². The molecule has 0 fully saturated rings. The molecule has 0 aliphatic carbocycles. The minimum atomic E-state index is -0.816. The molecule has 1 aromatic carbocycles. The van der Waals surface area contributed by atoms with Crippen LogP contribution in [-0.4, -0.2) is 16.1 Å². The molecule has 5 heteroatoms. The van der Waals surface area contributed by atoms with Gasteiger partial charge >= 0.3 is 0 Å². The van der Waals surface area contributed by atoms with Gasteiger partial charge in [0, 0.05) is 18.0 Å². The van der Waals surface area contributed by atoms with Gasteiger partial charge in [-0.15, -0.1) is 0 Å². The van der Waals surface area contributed by atoms with E-state index < -0.39 is 11.6 Å². The topological polar surface area (TPSA) is 29.9 Å². The van der Waals surface area contributed by atoms with Crippen LogP contribution in [0.5, 0.6) is 0 Å². The third kappa shape index (κ3) is 3.38. The Morgan fingerprint density at radius 1 is 1.32 bits per heavy atom. The minimum Gasteiger partial charge on any atom is -0.329 e. The Labute approximate surface area is 111 Å². The van der Waals surface area contributed by atoms with Crippen molar-refractivity contribution in [1.29, 1.82) is 0 Å². The second kappa shape index (κ2) is 6.43. The van der Waals surface area contributed by atoms with Gasteiger partial charge in [0.25, 0.3) is 0 Å². The average molecular weight is 265 g/mol. The fraction of sp³-hybridized carbons (Fsp3) is 0.357. The highest BCUT2D eigenvalue weighted by atomic mass is 19.2. The van der Waals surface area contributed by atoms with Crippen molar-refractivity contribution in [3.63, 3.8) is 0 Å². The zero-order valence-corrected chi connectivity index (χ0v) is 10.9. The van der Waals surface area contributed by atoms with E-state index in [1.807, 2.05) is 4.57 Å². The van der Waals surface area contributed by atoms with E-state index in [9.17, 15) is 8.78 Å². The molecule has 1 aromatic heterocycles. The normalized spacial score (nSPS) is 10.9. The van der Waals surface area contributed by atoms with E-state index in [0.29, 0.717) is 12.1 Å². The standard InChI is InChI=1S/C14H17F2N3/c1-2-6-17-9-13-18-7-8-19(13)10-11-4-3-5-12(15)14(11)16/h3-5,7-8,17H,2,6,9-10H2,1H3. The van der Waals surface area contributed by atoms with Gasteiger partial charge in [0.05, 0.1) is 13.1 Å². The van der Waals surface area contributed by atoms with Crippen LogP contribution in [0.15, 0.2) is 30.6 Å². The van der Waals surface area contributed by atoms with Crippen molar-refractivity contribution in [1.82, 2.24) is 14.9 Å². The molecule has 0 radical (unpaired) electrons. The predicted molar refractivity (Wildman–Crippen MR) is 69.7 cm³/mol. The second-order valence-electron chi connectivity index (χ2n) is 4.36. The number of halogens is 2. The molecule has 19 heavy (non-hydrogen) atoms. The highest BCUT2D eigenvalue weighted by molar-refractivity contribution is 5.19. The van der Waals surface area contributed by atoms with Crippen LogP contribution < -0.4 is 5.32 Å². The van der Waals surface area contributed by atoms with Crippen LogP contribution in [0.2, 0.25) is 0 Å². The first kappa shape index (κ1) is 13.7. The monoisotopic (exact) mass is 265 g/mol. The Morgan fingerprint density at radius 2 is 2.16 bits per heavy atom. The first-order chi connectivity index (χ1) is 9.22.